The molecule has 3 aromatic rings. The Morgan fingerprint density at radius 2 is 1.85 bits per heavy atom. The molecule has 3 rings (SSSR count). The van der Waals surface area contributed by atoms with Gasteiger partial charge in [0.2, 0.25) is 5.91 Å². The van der Waals surface area contributed by atoms with Gasteiger partial charge >= 0.3 is 0 Å². The Morgan fingerprint density at radius 3 is 2.59 bits per heavy atom. The predicted octanol–water partition coefficient (Wildman–Crippen LogP) is 3.74. The van der Waals surface area contributed by atoms with E-state index in [1.54, 1.807) is 10.6 Å². The average molecular weight is 382 g/mol. The number of thioether (sulfide) groups is 1. The number of fused-ring (bicyclic) bond motifs is 1. The lowest BCUT2D eigenvalue weighted by molar-refractivity contribution is -0.118. The van der Waals surface area contributed by atoms with Crippen LogP contribution in [0.2, 0.25) is 0 Å². The van der Waals surface area contributed by atoms with Crippen molar-refractivity contribution in [2.75, 3.05) is 12.3 Å². The number of carbonyl (C=O) groups excluding carboxylic acids is 1. The molecule has 0 aliphatic carbocycles. The second kappa shape index (κ2) is 8.39. The molecule has 0 saturated carbocycles. The number of benzene rings is 2. The van der Waals surface area contributed by atoms with E-state index >= 15 is 0 Å². The Bertz CT molecular complexity index is 1030. The fourth-order valence-corrected chi connectivity index (χ4v) is 3.81. The van der Waals surface area contributed by atoms with Gasteiger partial charge in [0.25, 0.3) is 5.56 Å². The van der Waals surface area contributed by atoms with Crippen LogP contribution in [0, 0.1) is 0 Å². The Hall–Kier alpha value is -2.60. The number of amides is 1. The Kier molecular flexibility index (Phi) is 5.96. The third-order valence-corrected chi connectivity index (χ3v) is 5.19. The van der Waals surface area contributed by atoms with Gasteiger partial charge in [-0.2, -0.15) is 0 Å². The normalized spacial score (nSPS) is 11.1. The summed E-state index contributed by atoms with van der Waals surface area (Å²) in [7, 11) is 0. The summed E-state index contributed by atoms with van der Waals surface area (Å²) in [5.74, 6) is 0.386. The number of nitrogens with zero attached hydrogens (tertiary/aromatic N) is 2. The average Bonchev–Trinajstić information content (AvgIpc) is 2.67. The van der Waals surface area contributed by atoms with E-state index in [4.69, 9.17) is 4.98 Å². The maximum atomic E-state index is 13.3. The summed E-state index contributed by atoms with van der Waals surface area (Å²) >= 11 is 1.28. The van der Waals surface area contributed by atoms with E-state index in [2.05, 4.69) is 19.2 Å². The first kappa shape index (κ1) is 19.2. The van der Waals surface area contributed by atoms with Crippen LogP contribution in [0.15, 0.2) is 58.5 Å². The summed E-state index contributed by atoms with van der Waals surface area (Å²) in [4.78, 5) is 29.9. The zero-order chi connectivity index (χ0) is 19.4. The van der Waals surface area contributed by atoms with Crippen molar-refractivity contribution in [3.05, 3.63) is 64.4 Å². The van der Waals surface area contributed by atoms with Crippen LogP contribution in [-0.2, 0) is 4.79 Å². The summed E-state index contributed by atoms with van der Waals surface area (Å²) < 4.78 is 1.64. The molecule has 2 aromatic carbocycles. The maximum Gasteiger partial charge on any atom is 0.266 e. The molecule has 6 heteroatoms. The number of carbonyl (C=O) groups is 1. The number of rotatable bonds is 6. The van der Waals surface area contributed by atoms with E-state index in [-0.39, 0.29) is 23.1 Å². The first-order chi connectivity index (χ1) is 13.0. The minimum absolute atomic E-state index is 0.0754. The van der Waals surface area contributed by atoms with Gasteiger partial charge in [0.05, 0.1) is 22.3 Å². The van der Waals surface area contributed by atoms with Crippen molar-refractivity contribution < 1.29 is 4.79 Å². The summed E-state index contributed by atoms with van der Waals surface area (Å²) in [6.45, 7) is 6.65. The first-order valence-corrected chi connectivity index (χ1v) is 10.0. The van der Waals surface area contributed by atoms with Crippen LogP contribution in [-0.4, -0.2) is 27.8 Å². The zero-order valence-electron chi connectivity index (χ0n) is 15.7. The van der Waals surface area contributed by atoms with E-state index in [1.165, 1.54) is 11.8 Å². The molecule has 0 saturated heterocycles. The topological polar surface area (TPSA) is 64.0 Å². The Balaban J connectivity index is 2.20. The van der Waals surface area contributed by atoms with E-state index in [0.717, 1.165) is 11.3 Å². The minimum Gasteiger partial charge on any atom is -0.356 e. The van der Waals surface area contributed by atoms with Crippen LogP contribution in [0.25, 0.3) is 16.6 Å². The van der Waals surface area contributed by atoms with Crippen molar-refractivity contribution in [2.24, 2.45) is 0 Å². The number of para-hydroxylation sites is 2. The molecule has 0 radical (unpaired) electrons. The van der Waals surface area contributed by atoms with Crippen molar-refractivity contribution in [3.63, 3.8) is 0 Å². The van der Waals surface area contributed by atoms with Crippen molar-refractivity contribution in [1.29, 1.82) is 0 Å². The number of aromatic nitrogens is 2. The van der Waals surface area contributed by atoms with Crippen molar-refractivity contribution >= 4 is 28.6 Å². The van der Waals surface area contributed by atoms with Gasteiger partial charge in [-0.3, -0.25) is 14.2 Å². The Labute approximate surface area is 162 Å². The van der Waals surface area contributed by atoms with Crippen LogP contribution >= 0.6 is 11.8 Å². The quantitative estimate of drug-likeness (QED) is 0.522. The highest BCUT2D eigenvalue weighted by Gasteiger charge is 2.17. The smallest absolute Gasteiger partial charge is 0.266 e. The molecule has 140 valence electrons. The lowest BCUT2D eigenvalue weighted by atomic mass is 10.0. The molecule has 27 heavy (non-hydrogen) atoms. The van der Waals surface area contributed by atoms with Crippen LogP contribution in [0.4, 0.5) is 0 Å². The van der Waals surface area contributed by atoms with Gasteiger partial charge in [-0.05, 0) is 36.6 Å². The van der Waals surface area contributed by atoms with Crippen molar-refractivity contribution in [3.8, 4) is 5.69 Å². The molecule has 0 aliphatic rings. The standard InChI is InChI=1S/C21H23N3O2S/c1-4-22-19(25)13-27-21-23-17-11-7-5-10-16(17)20(26)24(21)18-12-8-6-9-15(18)14(2)3/h5-12,14H,4,13H2,1-3H3,(H,22,25). The third kappa shape index (κ3) is 4.06. The van der Waals surface area contributed by atoms with E-state index in [0.29, 0.717) is 22.6 Å². The largest absolute Gasteiger partial charge is 0.356 e. The molecule has 0 fully saturated rings. The number of hydrogen-bond acceptors (Lipinski definition) is 4. The molecule has 5 nitrogen and oxygen atoms in total. The lowest BCUT2D eigenvalue weighted by Crippen LogP contribution is -2.26. The van der Waals surface area contributed by atoms with Crippen LogP contribution in [0.3, 0.4) is 0 Å². The highest BCUT2D eigenvalue weighted by Crippen LogP contribution is 2.26. The lowest BCUT2D eigenvalue weighted by Gasteiger charge is -2.18. The highest BCUT2D eigenvalue weighted by molar-refractivity contribution is 7.99. The SMILES string of the molecule is CCNC(=O)CSc1nc2ccccc2c(=O)n1-c1ccccc1C(C)C. The van der Waals surface area contributed by atoms with Gasteiger partial charge in [-0.25, -0.2) is 4.98 Å². The minimum atomic E-state index is -0.118. The molecule has 0 aliphatic heterocycles. The van der Waals surface area contributed by atoms with Gasteiger partial charge in [0, 0.05) is 6.54 Å². The third-order valence-electron chi connectivity index (χ3n) is 4.25. The summed E-state index contributed by atoms with van der Waals surface area (Å²) in [5, 5.41) is 3.88. The molecule has 0 atom stereocenters. The van der Waals surface area contributed by atoms with Crippen molar-refractivity contribution in [1.82, 2.24) is 14.9 Å². The van der Waals surface area contributed by atoms with Crippen LogP contribution in [0.1, 0.15) is 32.3 Å². The molecular weight excluding hydrogens is 358 g/mol. The molecule has 1 amide bonds. The molecule has 0 bridgehead atoms. The molecule has 1 heterocycles. The van der Waals surface area contributed by atoms with Crippen LogP contribution < -0.4 is 10.9 Å². The number of hydrogen-bond donors (Lipinski definition) is 1. The van der Waals surface area contributed by atoms with Crippen LogP contribution in [0.5, 0.6) is 0 Å². The maximum absolute atomic E-state index is 13.3. The van der Waals surface area contributed by atoms with Crippen molar-refractivity contribution in [2.45, 2.75) is 31.8 Å². The molecule has 0 spiro atoms. The van der Waals surface area contributed by atoms with Gasteiger partial charge in [0.15, 0.2) is 5.16 Å². The van der Waals surface area contributed by atoms with Gasteiger partial charge in [-0.15, -0.1) is 0 Å². The second-order valence-corrected chi connectivity index (χ2v) is 7.45. The summed E-state index contributed by atoms with van der Waals surface area (Å²) in [6, 6.07) is 15.2. The van der Waals surface area contributed by atoms with Gasteiger partial charge in [-0.1, -0.05) is 55.9 Å². The zero-order valence-corrected chi connectivity index (χ0v) is 16.5. The molecule has 1 aromatic heterocycles. The molecule has 1 N–H and O–H groups in total. The second-order valence-electron chi connectivity index (χ2n) is 6.51. The predicted molar refractivity (Wildman–Crippen MR) is 111 cm³/mol. The summed E-state index contributed by atoms with van der Waals surface area (Å²) in [6.07, 6.45) is 0. The fraction of sp³-hybridized carbons (Fsp3) is 0.286. The van der Waals surface area contributed by atoms with E-state index < -0.39 is 0 Å². The van der Waals surface area contributed by atoms with E-state index in [1.807, 2.05) is 49.4 Å². The first-order valence-electron chi connectivity index (χ1n) is 9.03. The summed E-state index contributed by atoms with van der Waals surface area (Å²) in [5.41, 5.74) is 2.40. The Morgan fingerprint density at radius 1 is 1.15 bits per heavy atom. The molecule has 0 unspecified atom stereocenters. The van der Waals surface area contributed by atoms with E-state index in [9.17, 15) is 9.59 Å². The molecular formula is C21H23N3O2S. The highest BCUT2D eigenvalue weighted by atomic mass is 32.2. The monoisotopic (exact) mass is 381 g/mol. The van der Waals surface area contributed by atoms with Gasteiger partial charge in [0.1, 0.15) is 0 Å². The van der Waals surface area contributed by atoms with Gasteiger partial charge < -0.3 is 5.32 Å². The fourth-order valence-electron chi connectivity index (χ4n) is 2.98. The number of nitrogens with one attached hydrogen (secondary N) is 1.